The van der Waals surface area contributed by atoms with E-state index in [9.17, 15) is 4.79 Å². The summed E-state index contributed by atoms with van der Waals surface area (Å²) in [5, 5.41) is 1.53. The zero-order valence-corrected chi connectivity index (χ0v) is 15.5. The number of benzene rings is 2. The number of ether oxygens (including phenoxy) is 1. The van der Waals surface area contributed by atoms with E-state index in [2.05, 4.69) is 0 Å². The number of hydrogen-bond donors (Lipinski definition) is 0. The molecule has 5 heteroatoms. The lowest BCUT2D eigenvalue weighted by molar-refractivity contribution is 0.343. The summed E-state index contributed by atoms with van der Waals surface area (Å²) in [6.45, 7) is 0.585. The van der Waals surface area contributed by atoms with Gasteiger partial charge in [0.1, 0.15) is 5.75 Å². The SMILES string of the molecule is O=c1c2ccccc2nc(SCCOc2ccccc2)n1C1CCCC1. The van der Waals surface area contributed by atoms with Crippen LogP contribution in [0.3, 0.4) is 0 Å². The van der Waals surface area contributed by atoms with E-state index < -0.39 is 0 Å². The average Bonchev–Trinajstić information content (AvgIpc) is 3.20. The summed E-state index contributed by atoms with van der Waals surface area (Å²) in [5.41, 5.74) is 0.868. The minimum atomic E-state index is 0.0916. The summed E-state index contributed by atoms with van der Waals surface area (Å²) in [5.74, 6) is 1.62. The molecule has 0 N–H and O–H groups in total. The second kappa shape index (κ2) is 7.96. The molecule has 1 fully saturated rings. The molecule has 4 rings (SSSR count). The van der Waals surface area contributed by atoms with Crippen LogP contribution in [0.5, 0.6) is 5.75 Å². The number of rotatable bonds is 6. The molecule has 0 spiro atoms. The van der Waals surface area contributed by atoms with Crippen molar-refractivity contribution in [3.05, 3.63) is 65.0 Å². The number of thioether (sulfide) groups is 1. The van der Waals surface area contributed by atoms with Gasteiger partial charge in [0.05, 0.1) is 17.5 Å². The quantitative estimate of drug-likeness (QED) is 0.361. The van der Waals surface area contributed by atoms with Crippen molar-refractivity contribution in [3.63, 3.8) is 0 Å². The van der Waals surface area contributed by atoms with Crippen LogP contribution in [0.4, 0.5) is 0 Å². The van der Waals surface area contributed by atoms with Crippen LogP contribution in [0.15, 0.2) is 64.5 Å². The monoisotopic (exact) mass is 366 g/mol. The third-order valence-corrected chi connectivity index (χ3v) is 5.71. The van der Waals surface area contributed by atoms with Crippen molar-refractivity contribution in [2.24, 2.45) is 0 Å². The number of aromatic nitrogens is 2. The van der Waals surface area contributed by atoms with E-state index in [0.717, 1.165) is 35.0 Å². The van der Waals surface area contributed by atoms with Crippen molar-refractivity contribution < 1.29 is 4.74 Å². The Morgan fingerprint density at radius 2 is 1.77 bits per heavy atom. The minimum absolute atomic E-state index is 0.0916. The molecule has 134 valence electrons. The molecule has 26 heavy (non-hydrogen) atoms. The lowest BCUT2D eigenvalue weighted by atomic mass is 10.2. The summed E-state index contributed by atoms with van der Waals surface area (Å²) in [6.07, 6.45) is 4.50. The molecule has 0 radical (unpaired) electrons. The molecule has 0 bridgehead atoms. The molecule has 2 aromatic carbocycles. The predicted molar refractivity (Wildman–Crippen MR) is 106 cm³/mol. The van der Waals surface area contributed by atoms with Gasteiger partial charge in [0.25, 0.3) is 5.56 Å². The first kappa shape index (κ1) is 17.2. The summed E-state index contributed by atoms with van der Waals surface area (Å²) >= 11 is 1.61. The highest BCUT2D eigenvalue weighted by Crippen LogP contribution is 2.32. The first-order valence-electron chi connectivity index (χ1n) is 9.15. The van der Waals surface area contributed by atoms with Crippen LogP contribution in [-0.2, 0) is 0 Å². The molecule has 1 saturated carbocycles. The van der Waals surface area contributed by atoms with E-state index in [1.807, 2.05) is 59.2 Å². The standard InChI is InChI=1S/C21H22N2O2S/c24-20-18-12-6-7-13-19(18)22-21(23(20)16-8-4-5-9-16)26-15-14-25-17-10-2-1-3-11-17/h1-3,6-7,10-13,16H,4-5,8-9,14-15H2. The number of para-hydroxylation sites is 2. The van der Waals surface area contributed by atoms with Crippen LogP contribution in [0.1, 0.15) is 31.7 Å². The van der Waals surface area contributed by atoms with E-state index in [-0.39, 0.29) is 11.6 Å². The van der Waals surface area contributed by atoms with Crippen LogP contribution < -0.4 is 10.3 Å². The van der Waals surface area contributed by atoms with Gasteiger partial charge in [-0.2, -0.15) is 0 Å². The molecule has 0 saturated heterocycles. The summed E-state index contributed by atoms with van der Waals surface area (Å²) < 4.78 is 7.71. The topological polar surface area (TPSA) is 44.1 Å². The fraction of sp³-hybridized carbons (Fsp3) is 0.333. The fourth-order valence-corrected chi connectivity index (χ4v) is 4.40. The molecule has 0 aliphatic heterocycles. The van der Waals surface area contributed by atoms with Crippen molar-refractivity contribution in [1.29, 1.82) is 0 Å². The molecule has 0 unspecified atom stereocenters. The molecule has 4 nitrogen and oxygen atoms in total. The Hall–Kier alpha value is -2.27. The highest BCUT2D eigenvalue weighted by Gasteiger charge is 2.22. The second-order valence-corrected chi connectivity index (χ2v) is 7.60. The Balaban J connectivity index is 1.56. The van der Waals surface area contributed by atoms with Crippen LogP contribution >= 0.6 is 11.8 Å². The molecule has 1 heterocycles. The van der Waals surface area contributed by atoms with Gasteiger partial charge in [-0.25, -0.2) is 4.98 Å². The first-order chi connectivity index (χ1) is 12.8. The summed E-state index contributed by atoms with van der Waals surface area (Å²) in [6, 6.07) is 17.7. The molecule has 3 aromatic rings. The molecular formula is C21H22N2O2S. The largest absolute Gasteiger partial charge is 0.493 e. The number of hydrogen-bond acceptors (Lipinski definition) is 4. The van der Waals surface area contributed by atoms with Crippen LogP contribution in [0.25, 0.3) is 10.9 Å². The zero-order chi connectivity index (χ0) is 17.8. The normalized spacial score (nSPS) is 14.8. The summed E-state index contributed by atoms with van der Waals surface area (Å²) in [4.78, 5) is 17.9. The van der Waals surface area contributed by atoms with Crippen molar-refractivity contribution in [1.82, 2.24) is 9.55 Å². The first-order valence-corrected chi connectivity index (χ1v) is 10.1. The highest BCUT2D eigenvalue weighted by molar-refractivity contribution is 7.99. The number of nitrogens with zero attached hydrogens (tertiary/aromatic N) is 2. The zero-order valence-electron chi connectivity index (χ0n) is 14.6. The Morgan fingerprint density at radius 3 is 2.58 bits per heavy atom. The van der Waals surface area contributed by atoms with Gasteiger partial charge in [-0.3, -0.25) is 9.36 Å². The highest BCUT2D eigenvalue weighted by atomic mass is 32.2. The molecule has 1 aliphatic rings. The number of fused-ring (bicyclic) bond motifs is 1. The third kappa shape index (κ3) is 3.63. The molecule has 0 amide bonds. The smallest absolute Gasteiger partial charge is 0.262 e. The lowest BCUT2D eigenvalue weighted by Crippen LogP contribution is -2.26. The molecular weight excluding hydrogens is 344 g/mol. The van der Waals surface area contributed by atoms with E-state index >= 15 is 0 Å². The van der Waals surface area contributed by atoms with Gasteiger partial charge in [-0.1, -0.05) is 54.9 Å². The van der Waals surface area contributed by atoms with E-state index in [0.29, 0.717) is 12.0 Å². The van der Waals surface area contributed by atoms with Crippen molar-refractivity contribution >= 4 is 22.7 Å². The molecule has 0 atom stereocenters. The van der Waals surface area contributed by atoms with Crippen molar-refractivity contribution in [2.75, 3.05) is 12.4 Å². The van der Waals surface area contributed by atoms with Gasteiger partial charge in [0, 0.05) is 11.8 Å². The fourth-order valence-electron chi connectivity index (χ4n) is 3.52. The predicted octanol–water partition coefficient (Wildman–Crippen LogP) is 4.68. The van der Waals surface area contributed by atoms with E-state index in [4.69, 9.17) is 9.72 Å². The van der Waals surface area contributed by atoms with Crippen molar-refractivity contribution in [3.8, 4) is 5.75 Å². The van der Waals surface area contributed by atoms with Gasteiger partial charge in [-0.05, 0) is 37.1 Å². The molecule has 1 aliphatic carbocycles. The van der Waals surface area contributed by atoms with Gasteiger partial charge in [0.2, 0.25) is 0 Å². The van der Waals surface area contributed by atoms with E-state index in [1.54, 1.807) is 11.8 Å². The molecule has 1 aromatic heterocycles. The van der Waals surface area contributed by atoms with Crippen molar-refractivity contribution in [2.45, 2.75) is 36.9 Å². The van der Waals surface area contributed by atoms with Gasteiger partial charge in [0.15, 0.2) is 5.16 Å². The third-order valence-electron chi connectivity index (χ3n) is 4.79. The minimum Gasteiger partial charge on any atom is -0.493 e. The Morgan fingerprint density at radius 1 is 1.04 bits per heavy atom. The Kier molecular flexibility index (Phi) is 5.25. The van der Waals surface area contributed by atoms with Gasteiger partial charge in [-0.15, -0.1) is 0 Å². The maximum atomic E-state index is 13.1. The van der Waals surface area contributed by atoms with Gasteiger partial charge >= 0.3 is 0 Å². The second-order valence-electron chi connectivity index (χ2n) is 6.53. The van der Waals surface area contributed by atoms with Crippen LogP contribution in [-0.4, -0.2) is 21.9 Å². The van der Waals surface area contributed by atoms with Gasteiger partial charge < -0.3 is 4.74 Å². The lowest BCUT2D eigenvalue weighted by Gasteiger charge is -2.18. The Bertz CT molecular complexity index is 934. The van der Waals surface area contributed by atoms with E-state index in [1.165, 1.54) is 12.8 Å². The maximum Gasteiger partial charge on any atom is 0.262 e. The van der Waals surface area contributed by atoms with Crippen LogP contribution in [0.2, 0.25) is 0 Å². The maximum absolute atomic E-state index is 13.1. The summed E-state index contributed by atoms with van der Waals surface area (Å²) in [7, 11) is 0. The average molecular weight is 366 g/mol. The Labute approximate surface area is 157 Å². The van der Waals surface area contributed by atoms with Crippen LogP contribution in [0, 0.1) is 0 Å².